The van der Waals surface area contributed by atoms with Crippen molar-refractivity contribution in [1.82, 2.24) is 0 Å². The van der Waals surface area contributed by atoms with Crippen molar-refractivity contribution in [2.45, 2.75) is 19.0 Å². The van der Waals surface area contributed by atoms with Crippen molar-refractivity contribution < 1.29 is 30.7 Å². The van der Waals surface area contributed by atoms with E-state index in [1.165, 1.54) is 33.6 Å². The molecule has 0 atom stereocenters. The van der Waals surface area contributed by atoms with Gasteiger partial charge in [-0.1, -0.05) is 48.5 Å². The maximum atomic E-state index is 10.7. The molecule has 0 bridgehead atoms. The van der Waals surface area contributed by atoms with E-state index in [4.69, 9.17) is 13.0 Å². The van der Waals surface area contributed by atoms with Gasteiger partial charge in [0.05, 0.1) is 5.56 Å². The molecule has 0 amide bonds. The predicted molar refractivity (Wildman–Crippen MR) is 97.1 cm³/mol. The zero-order chi connectivity index (χ0) is 20.5. The first kappa shape index (κ1) is 20.0. The Balaban J connectivity index is 0.000000242. The van der Waals surface area contributed by atoms with Crippen molar-refractivity contribution in [2.24, 2.45) is 0 Å². The van der Waals surface area contributed by atoms with E-state index in [1.54, 1.807) is 0 Å². The van der Waals surface area contributed by atoms with Crippen LogP contribution >= 0.6 is 0 Å². The minimum Gasteiger partial charge on any atom is -0.741 e. The number of benzene rings is 2. The SMILES string of the molecule is Cc1c(-c2ccccc2)ccc2[n+]1Cc1ccccc1-2.O=S(=O)([O-])C(F)(F)F. The molecule has 8 heteroatoms. The number of pyridine rings is 1. The van der Waals surface area contributed by atoms with E-state index in [0.717, 1.165) is 6.54 Å². The second-order valence-electron chi connectivity index (χ2n) is 6.23. The molecule has 146 valence electrons. The van der Waals surface area contributed by atoms with Gasteiger partial charge in [-0.2, -0.15) is 17.7 Å². The lowest BCUT2D eigenvalue weighted by Gasteiger charge is -2.08. The van der Waals surface area contributed by atoms with E-state index in [2.05, 4.69) is 78.2 Å². The average Bonchev–Trinajstić information content (AvgIpc) is 3.01. The van der Waals surface area contributed by atoms with Crippen molar-refractivity contribution >= 4 is 10.1 Å². The van der Waals surface area contributed by atoms with E-state index in [-0.39, 0.29) is 0 Å². The fourth-order valence-corrected chi connectivity index (χ4v) is 3.14. The van der Waals surface area contributed by atoms with E-state index in [0.29, 0.717) is 0 Å². The van der Waals surface area contributed by atoms with Crippen LogP contribution in [0.3, 0.4) is 0 Å². The van der Waals surface area contributed by atoms with Crippen molar-refractivity contribution in [1.29, 1.82) is 0 Å². The van der Waals surface area contributed by atoms with Gasteiger partial charge in [0, 0.05) is 24.1 Å². The van der Waals surface area contributed by atoms with Crippen LogP contribution in [0, 0.1) is 6.92 Å². The van der Waals surface area contributed by atoms with Crippen LogP contribution in [-0.4, -0.2) is 18.5 Å². The third-order valence-corrected chi connectivity index (χ3v) is 5.05. The lowest BCUT2D eigenvalue weighted by Crippen LogP contribution is -2.36. The summed E-state index contributed by atoms with van der Waals surface area (Å²) in [6.07, 6.45) is 0. The average molecular weight is 407 g/mol. The molecule has 4 rings (SSSR count). The Kier molecular flexibility index (Phi) is 5.27. The summed E-state index contributed by atoms with van der Waals surface area (Å²) < 4.78 is 61.3. The first-order valence-electron chi connectivity index (χ1n) is 8.29. The highest BCUT2D eigenvalue weighted by Crippen LogP contribution is 2.30. The van der Waals surface area contributed by atoms with E-state index >= 15 is 0 Å². The molecule has 2 aromatic carbocycles. The fourth-order valence-electron chi connectivity index (χ4n) is 3.14. The van der Waals surface area contributed by atoms with Gasteiger partial charge in [0.15, 0.2) is 22.4 Å². The number of hydrogen-bond donors (Lipinski definition) is 0. The first-order valence-corrected chi connectivity index (χ1v) is 9.70. The Hall–Kier alpha value is -2.71. The molecular weight excluding hydrogens is 391 g/mol. The van der Waals surface area contributed by atoms with Crippen molar-refractivity contribution in [3.05, 3.63) is 78.0 Å². The highest BCUT2D eigenvalue weighted by molar-refractivity contribution is 7.86. The van der Waals surface area contributed by atoms with Crippen LogP contribution in [0.4, 0.5) is 13.2 Å². The number of hydrogen-bond acceptors (Lipinski definition) is 3. The number of alkyl halides is 3. The summed E-state index contributed by atoms with van der Waals surface area (Å²) >= 11 is 0. The highest BCUT2D eigenvalue weighted by Gasteiger charge is 2.37. The Morgan fingerprint density at radius 2 is 1.46 bits per heavy atom. The molecule has 4 nitrogen and oxygen atoms in total. The Morgan fingerprint density at radius 3 is 2.07 bits per heavy atom. The zero-order valence-electron chi connectivity index (χ0n) is 14.8. The molecule has 28 heavy (non-hydrogen) atoms. The first-order chi connectivity index (χ1) is 13.1. The summed E-state index contributed by atoms with van der Waals surface area (Å²) in [6.45, 7) is 3.20. The second kappa shape index (κ2) is 7.37. The number of nitrogens with zero attached hydrogens (tertiary/aromatic N) is 1. The van der Waals surface area contributed by atoms with Crippen LogP contribution in [0.15, 0.2) is 66.7 Å². The van der Waals surface area contributed by atoms with Crippen molar-refractivity contribution in [3.63, 3.8) is 0 Å². The van der Waals surface area contributed by atoms with Gasteiger partial charge in [-0.25, -0.2) is 8.42 Å². The third-order valence-electron chi connectivity index (χ3n) is 4.48. The number of fused-ring (bicyclic) bond motifs is 3. The Labute approximate surface area is 160 Å². The van der Waals surface area contributed by atoms with E-state index < -0.39 is 15.6 Å². The van der Waals surface area contributed by atoms with Crippen LogP contribution in [0.1, 0.15) is 11.3 Å². The molecule has 0 aliphatic carbocycles. The Bertz CT molecular complexity index is 1110. The summed E-state index contributed by atoms with van der Waals surface area (Å²) in [4.78, 5) is 0. The predicted octanol–water partition coefficient (Wildman–Crippen LogP) is 4.03. The van der Waals surface area contributed by atoms with Crippen LogP contribution in [0.2, 0.25) is 0 Å². The number of halogens is 3. The lowest BCUT2D eigenvalue weighted by molar-refractivity contribution is -0.677. The summed E-state index contributed by atoms with van der Waals surface area (Å²) in [7, 11) is -6.09. The topological polar surface area (TPSA) is 61.1 Å². The van der Waals surface area contributed by atoms with E-state index in [1.807, 2.05) is 0 Å². The number of rotatable bonds is 1. The minimum absolute atomic E-state index is 0.984. The molecule has 1 aromatic heterocycles. The fraction of sp³-hybridized carbons (Fsp3) is 0.150. The molecule has 0 saturated heterocycles. The highest BCUT2D eigenvalue weighted by atomic mass is 32.2. The Morgan fingerprint density at radius 1 is 0.893 bits per heavy atom. The van der Waals surface area contributed by atoms with Crippen molar-refractivity contribution in [3.8, 4) is 22.4 Å². The van der Waals surface area contributed by atoms with Gasteiger partial charge in [-0.15, -0.1) is 0 Å². The molecule has 1 aliphatic heterocycles. The molecule has 0 fully saturated rings. The van der Waals surface area contributed by atoms with Crippen LogP contribution in [0.5, 0.6) is 0 Å². The summed E-state index contributed by atoms with van der Waals surface area (Å²) in [5.41, 5.74) is 2.42. The molecule has 0 N–H and O–H groups in total. The van der Waals surface area contributed by atoms with Crippen LogP contribution in [-0.2, 0) is 16.7 Å². The standard InChI is InChI=1S/C19H16N.CHF3O3S/c1-14-17(15-7-3-2-4-8-15)11-12-19-18-10-6-5-9-16(18)13-20(14)19;2-1(3,4)8(5,6)7/h2-12H,13H2,1H3;(H,5,6,7)/q+1;/p-1. The summed E-state index contributed by atoms with van der Waals surface area (Å²) in [5.74, 6) is 0. The normalized spacial score (nSPS) is 12.6. The van der Waals surface area contributed by atoms with Gasteiger partial charge >= 0.3 is 5.51 Å². The molecule has 0 unspecified atom stereocenters. The minimum atomic E-state index is -6.09. The quantitative estimate of drug-likeness (QED) is 0.272. The van der Waals surface area contributed by atoms with Gasteiger partial charge in [0.2, 0.25) is 5.69 Å². The van der Waals surface area contributed by atoms with Crippen LogP contribution in [0.25, 0.3) is 22.4 Å². The lowest BCUT2D eigenvalue weighted by atomic mass is 10.0. The second-order valence-corrected chi connectivity index (χ2v) is 7.60. The molecule has 2 heterocycles. The largest absolute Gasteiger partial charge is 0.741 e. The molecule has 0 radical (unpaired) electrons. The van der Waals surface area contributed by atoms with Gasteiger partial charge in [0.1, 0.15) is 0 Å². The van der Waals surface area contributed by atoms with Gasteiger partial charge < -0.3 is 4.55 Å². The van der Waals surface area contributed by atoms with Crippen LogP contribution < -0.4 is 4.57 Å². The van der Waals surface area contributed by atoms with Gasteiger partial charge in [-0.05, 0) is 17.7 Å². The molecule has 1 aliphatic rings. The van der Waals surface area contributed by atoms with Gasteiger partial charge in [0.25, 0.3) is 0 Å². The summed E-state index contributed by atoms with van der Waals surface area (Å²) in [6, 6.07) is 23.8. The third kappa shape index (κ3) is 3.93. The molecule has 0 saturated carbocycles. The number of aromatic nitrogens is 1. The smallest absolute Gasteiger partial charge is 0.485 e. The molecular formula is C20H16F3NO3S. The van der Waals surface area contributed by atoms with E-state index in [9.17, 15) is 13.2 Å². The monoisotopic (exact) mass is 407 g/mol. The molecule has 0 spiro atoms. The maximum Gasteiger partial charge on any atom is 0.485 e. The van der Waals surface area contributed by atoms with Crippen molar-refractivity contribution in [2.75, 3.05) is 0 Å². The van der Waals surface area contributed by atoms with Gasteiger partial charge in [-0.3, -0.25) is 0 Å². The molecule has 3 aromatic rings. The zero-order valence-corrected chi connectivity index (χ0v) is 15.6. The summed E-state index contributed by atoms with van der Waals surface area (Å²) in [5, 5.41) is 0. The maximum absolute atomic E-state index is 10.7.